The Bertz CT molecular complexity index is 405. The number of allylic oxidation sites excluding steroid dienone is 1. The quantitative estimate of drug-likeness (QED) is 0.610. The molecule has 1 rings (SSSR count). The van der Waals surface area contributed by atoms with Crippen molar-refractivity contribution in [3.8, 4) is 5.75 Å². The van der Waals surface area contributed by atoms with Crippen molar-refractivity contribution in [3.05, 3.63) is 48.1 Å². The Morgan fingerprint density at radius 1 is 1.44 bits per heavy atom. The summed E-state index contributed by atoms with van der Waals surface area (Å²) in [5.74, 6) is -0.290. The number of hydrogen-bond donors (Lipinski definition) is 1. The molecule has 0 unspecified atom stereocenters. The minimum Gasteiger partial charge on any atom is -0.489 e. The number of ether oxygens (including phenoxy) is 1. The highest BCUT2D eigenvalue weighted by Crippen LogP contribution is 2.19. The first-order chi connectivity index (χ1) is 7.74. The lowest BCUT2D eigenvalue weighted by Gasteiger charge is -2.06. The average Bonchev–Trinajstić information content (AvgIpc) is 2.28. The summed E-state index contributed by atoms with van der Waals surface area (Å²) in [5, 5.41) is 8.54. The molecule has 0 fully saturated rings. The summed E-state index contributed by atoms with van der Waals surface area (Å²) >= 11 is 0. The standard InChI is InChI=1S/C13H14O3/c1-2-3-10-16-12-7-5-4-6-11(12)8-9-13(14)15/h2-9H,10H2,1H3,(H,14,15)/b3-2+,9-8+. The summed E-state index contributed by atoms with van der Waals surface area (Å²) in [6.07, 6.45) is 6.40. The zero-order valence-electron chi connectivity index (χ0n) is 9.09. The van der Waals surface area contributed by atoms with Crippen molar-refractivity contribution < 1.29 is 14.6 Å². The van der Waals surface area contributed by atoms with E-state index in [1.165, 1.54) is 6.08 Å². The minimum atomic E-state index is -0.969. The second-order valence-corrected chi connectivity index (χ2v) is 3.09. The van der Waals surface area contributed by atoms with Gasteiger partial charge in [0.15, 0.2) is 0 Å². The Hall–Kier alpha value is -2.03. The van der Waals surface area contributed by atoms with Crippen molar-refractivity contribution in [1.29, 1.82) is 0 Å². The van der Waals surface area contributed by atoms with Crippen LogP contribution in [0.1, 0.15) is 12.5 Å². The van der Waals surface area contributed by atoms with Crippen molar-refractivity contribution in [2.75, 3.05) is 6.61 Å². The number of rotatable bonds is 5. The van der Waals surface area contributed by atoms with Gasteiger partial charge in [-0.05, 0) is 19.1 Å². The molecule has 0 aliphatic heterocycles. The lowest BCUT2D eigenvalue weighted by molar-refractivity contribution is -0.131. The summed E-state index contributed by atoms with van der Waals surface area (Å²) < 4.78 is 5.48. The zero-order chi connectivity index (χ0) is 11.8. The average molecular weight is 218 g/mol. The molecule has 16 heavy (non-hydrogen) atoms. The molecule has 84 valence electrons. The number of para-hydroxylation sites is 1. The van der Waals surface area contributed by atoms with E-state index >= 15 is 0 Å². The molecule has 0 saturated heterocycles. The summed E-state index contributed by atoms with van der Waals surface area (Å²) in [6.45, 7) is 2.40. The fraction of sp³-hybridized carbons (Fsp3) is 0.154. The van der Waals surface area contributed by atoms with E-state index in [1.54, 1.807) is 0 Å². The van der Waals surface area contributed by atoms with Gasteiger partial charge >= 0.3 is 5.97 Å². The molecule has 0 aliphatic carbocycles. The van der Waals surface area contributed by atoms with Crippen molar-refractivity contribution in [2.24, 2.45) is 0 Å². The molecule has 1 N–H and O–H groups in total. The van der Waals surface area contributed by atoms with Gasteiger partial charge < -0.3 is 9.84 Å². The third-order valence-corrected chi connectivity index (χ3v) is 1.90. The van der Waals surface area contributed by atoms with E-state index < -0.39 is 5.97 Å². The second-order valence-electron chi connectivity index (χ2n) is 3.09. The number of hydrogen-bond acceptors (Lipinski definition) is 2. The van der Waals surface area contributed by atoms with E-state index in [2.05, 4.69) is 0 Å². The molecule has 1 aromatic carbocycles. The van der Waals surface area contributed by atoms with Crippen LogP contribution in [0.15, 0.2) is 42.5 Å². The lowest BCUT2D eigenvalue weighted by atomic mass is 10.2. The molecule has 0 atom stereocenters. The van der Waals surface area contributed by atoms with Crippen LogP contribution in [0.25, 0.3) is 6.08 Å². The minimum absolute atomic E-state index is 0.481. The Balaban J connectivity index is 2.78. The Kier molecular flexibility index (Phi) is 4.86. The molecule has 0 aliphatic rings. The van der Waals surface area contributed by atoms with Crippen molar-refractivity contribution >= 4 is 12.0 Å². The van der Waals surface area contributed by atoms with Crippen molar-refractivity contribution in [3.63, 3.8) is 0 Å². The van der Waals surface area contributed by atoms with Gasteiger partial charge in [-0.25, -0.2) is 4.79 Å². The van der Waals surface area contributed by atoms with Gasteiger partial charge in [0, 0.05) is 11.6 Å². The number of aliphatic carboxylic acids is 1. The molecule has 0 spiro atoms. The number of benzene rings is 1. The van der Waals surface area contributed by atoms with E-state index in [1.807, 2.05) is 43.3 Å². The summed E-state index contributed by atoms with van der Waals surface area (Å²) in [5.41, 5.74) is 0.759. The Morgan fingerprint density at radius 3 is 2.88 bits per heavy atom. The SMILES string of the molecule is C/C=C/COc1ccccc1/C=C/C(=O)O. The van der Waals surface area contributed by atoms with Crippen LogP contribution in [0.4, 0.5) is 0 Å². The maximum Gasteiger partial charge on any atom is 0.328 e. The highest BCUT2D eigenvalue weighted by molar-refractivity contribution is 5.85. The Morgan fingerprint density at radius 2 is 2.19 bits per heavy atom. The largest absolute Gasteiger partial charge is 0.489 e. The summed E-state index contributed by atoms with van der Waals surface area (Å²) in [6, 6.07) is 7.31. The highest BCUT2D eigenvalue weighted by Gasteiger charge is 1.98. The fourth-order valence-corrected chi connectivity index (χ4v) is 1.14. The van der Waals surface area contributed by atoms with Crippen LogP contribution in [0.2, 0.25) is 0 Å². The molecule has 3 heteroatoms. The van der Waals surface area contributed by atoms with Crippen LogP contribution >= 0.6 is 0 Å². The first-order valence-electron chi connectivity index (χ1n) is 4.98. The van der Waals surface area contributed by atoms with E-state index in [0.717, 1.165) is 11.6 Å². The molecule has 0 bridgehead atoms. The van der Waals surface area contributed by atoms with Crippen LogP contribution in [0, 0.1) is 0 Å². The smallest absolute Gasteiger partial charge is 0.328 e. The van der Waals surface area contributed by atoms with E-state index in [4.69, 9.17) is 9.84 Å². The molecule has 0 heterocycles. The third-order valence-electron chi connectivity index (χ3n) is 1.90. The van der Waals surface area contributed by atoms with Gasteiger partial charge in [-0.15, -0.1) is 0 Å². The van der Waals surface area contributed by atoms with Gasteiger partial charge in [0.25, 0.3) is 0 Å². The van der Waals surface area contributed by atoms with Crippen molar-refractivity contribution in [1.82, 2.24) is 0 Å². The molecule has 0 radical (unpaired) electrons. The van der Waals surface area contributed by atoms with E-state index in [9.17, 15) is 4.79 Å². The molecule has 0 amide bonds. The van der Waals surface area contributed by atoms with E-state index in [-0.39, 0.29) is 0 Å². The van der Waals surface area contributed by atoms with Crippen LogP contribution < -0.4 is 4.74 Å². The maximum absolute atomic E-state index is 10.4. The first-order valence-corrected chi connectivity index (χ1v) is 4.98. The maximum atomic E-state index is 10.4. The number of carbonyl (C=O) groups is 1. The molecule has 0 saturated carbocycles. The second kappa shape index (κ2) is 6.45. The van der Waals surface area contributed by atoms with Crippen LogP contribution in [0.3, 0.4) is 0 Å². The fourth-order valence-electron chi connectivity index (χ4n) is 1.14. The zero-order valence-corrected chi connectivity index (χ0v) is 9.09. The van der Waals surface area contributed by atoms with Crippen LogP contribution in [0.5, 0.6) is 5.75 Å². The van der Waals surface area contributed by atoms with Gasteiger partial charge in [0.1, 0.15) is 12.4 Å². The van der Waals surface area contributed by atoms with Gasteiger partial charge in [-0.3, -0.25) is 0 Å². The van der Waals surface area contributed by atoms with Gasteiger partial charge in [0.05, 0.1) is 0 Å². The first kappa shape index (κ1) is 12.0. The Labute approximate surface area is 94.7 Å². The van der Waals surface area contributed by atoms with Crippen LogP contribution in [-0.4, -0.2) is 17.7 Å². The normalized spacial score (nSPS) is 11.1. The predicted octanol–water partition coefficient (Wildman–Crippen LogP) is 2.74. The third kappa shape index (κ3) is 4.00. The molecular formula is C13H14O3. The summed E-state index contributed by atoms with van der Waals surface area (Å²) in [4.78, 5) is 10.4. The van der Waals surface area contributed by atoms with Gasteiger partial charge in [-0.2, -0.15) is 0 Å². The predicted molar refractivity (Wildman–Crippen MR) is 63.4 cm³/mol. The summed E-state index contributed by atoms with van der Waals surface area (Å²) in [7, 11) is 0. The lowest BCUT2D eigenvalue weighted by Crippen LogP contribution is -1.95. The van der Waals surface area contributed by atoms with Crippen LogP contribution in [-0.2, 0) is 4.79 Å². The van der Waals surface area contributed by atoms with Gasteiger partial charge in [0.2, 0.25) is 0 Å². The molecular weight excluding hydrogens is 204 g/mol. The molecule has 0 aromatic heterocycles. The molecule has 1 aromatic rings. The number of carboxylic acid groups (broad SMARTS) is 1. The monoisotopic (exact) mass is 218 g/mol. The number of carboxylic acids is 1. The van der Waals surface area contributed by atoms with Gasteiger partial charge in [-0.1, -0.05) is 30.4 Å². The molecule has 3 nitrogen and oxygen atoms in total. The highest BCUT2D eigenvalue weighted by atomic mass is 16.5. The van der Waals surface area contributed by atoms with E-state index in [0.29, 0.717) is 12.4 Å². The topological polar surface area (TPSA) is 46.5 Å². The van der Waals surface area contributed by atoms with Crippen molar-refractivity contribution in [2.45, 2.75) is 6.92 Å².